The van der Waals surface area contributed by atoms with E-state index in [1.165, 1.54) is 12.9 Å². The van der Waals surface area contributed by atoms with Gasteiger partial charge < -0.3 is 10.1 Å². The van der Waals surface area contributed by atoms with E-state index in [0.717, 1.165) is 12.1 Å². The normalized spacial score (nSPS) is 22.8. The smallest absolute Gasteiger partial charge is 0.339 e. The average Bonchev–Trinajstić information content (AvgIpc) is 2.76. The first-order valence-corrected chi connectivity index (χ1v) is 7.30. The molecule has 1 fully saturated rings. The van der Waals surface area contributed by atoms with Crippen molar-refractivity contribution in [2.24, 2.45) is 0 Å². The molecule has 1 saturated heterocycles. The maximum atomic E-state index is 11.5. The molecule has 1 aromatic carbocycles. The predicted octanol–water partition coefficient (Wildman–Crippen LogP) is 3.43. The molecule has 0 saturated carbocycles. The summed E-state index contributed by atoms with van der Waals surface area (Å²) in [5, 5.41) is 4.45. The van der Waals surface area contributed by atoms with Gasteiger partial charge in [-0.05, 0) is 30.4 Å². The monoisotopic (exact) mass is 285 g/mol. The summed E-state index contributed by atoms with van der Waals surface area (Å²) in [5.41, 5.74) is 1.32. The Hall–Kier alpha value is -0.870. The Morgan fingerprint density at radius 2 is 2.33 bits per heavy atom. The van der Waals surface area contributed by atoms with Gasteiger partial charge in [-0.3, -0.25) is 0 Å². The third-order valence-electron chi connectivity index (χ3n) is 3.10. The lowest BCUT2D eigenvalue weighted by molar-refractivity contribution is 0.0601. The quantitative estimate of drug-likeness (QED) is 0.864. The number of halogens is 1. The number of thioether (sulfide) groups is 1. The summed E-state index contributed by atoms with van der Waals surface area (Å²) in [7, 11) is 1.36. The largest absolute Gasteiger partial charge is 0.465 e. The van der Waals surface area contributed by atoms with Gasteiger partial charge >= 0.3 is 5.97 Å². The summed E-state index contributed by atoms with van der Waals surface area (Å²) in [4.78, 5) is 11.5. The molecule has 0 radical (unpaired) electrons. The highest BCUT2D eigenvalue weighted by atomic mass is 35.5. The zero-order chi connectivity index (χ0) is 13.1. The number of esters is 1. The van der Waals surface area contributed by atoms with Gasteiger partial charge in [0.05, 0.1) is 17.7 Å². The van der Waals surface area contributed by atoms with Crippen molar-refractivity contribution in [3.8, 4) is 0 Å². The second-order valence-electron chi connectivity index (χ2n) is 4.30. The van der Waals surface area contributed by atoms with Crippen molar-refractivity contribution >= 4 is 35.0 Å². The fraction of sp³-hybridized carbons (Fsp3) is 0.462. The SMILES string of the molecule is COC(=O)c1cc(NC2CCSC2C)ccc1Cl. The van der Waals surface area contributed by atoms with Gasteiger partial charge in [0.25, 0.3) is 0 Å². The molecule has 3 nitrogen and oxygen atoms in total. The van der Waals surface area contributed by atoms with Crippen LogP contribution in [0.25, 0.3) is 0 Å². The van der Waals surface area contributed by atoms with Gasteiger partial charge in [0.1, 0.15) is 0 Å². The molecule has 2 atom stereocenters. The molecule has 5 heteroatoms. The summed E-state index contributed by atoms with van der Waals surface area (Å²) in [6, 6.07) is 5.82. The second-order valence-corrected chi connectivity index (χ2v) is 6.19. The fourth-order valence-electron chi connectivity index (χ4n) is 2.02. The minimum absolute atomic E-state index is 0.405. The minimum atomic E-state index is -0.405. The van der Waals surface area contributed by atoms with E-state index in [4.69, 9.17) is 16.3 Å². The molecule has 1 aromatic rings. The number of benzene rings is 1. The summed E-state index contributed by atoms with van der Waals surface area (Å²) >= 11 is 7.94. The summed E-state index contributed by atoms with van der Waals surface area (Å²) in [5.74, 6) is 0.772. The number of hydrogen-bond acceptors (Lipinski definition) is 4. The Balaban J connectivity index is 2.16. The van der Waals surface area contributed by atoms with Gasteiger partial charge in [-0.15, -0.1) is 0 Å². The van der Waals surface area contributed by atoms with E-state index in [2.05, 4.69) is 12.2 Å². The molecular weight excluding hydrogens is 270 g/mol. The molecule has 0 spiro atoms. The van der Waals surface area contributed by atoms with E-state index in [9.17, 15) is 4.79 Å². The van der Waals surface area contributed by atoms with Crippen molar-refractivity contribution in [3.63, 3.8) is 0 Å². The zero-order valence-corrected chi connectivity index (χ0v) is 12.0. The molecule has 1 heterocycles. The lowest BCUT2D eigenvalue weighted by Crippen LogP contribution is -2.24. The lowest BCUT2D eigenvalue weighted by atomic mass is 10.1. The van der Waals surface area contributed by atoms with E-state index < -0.39 is 5.97 Å². The summed E-state index contributed by atoms with van der Waals surface area (Å²) in [6.45, 7) is 2.21. The summed E-state index contributed by atoms with van der Waals surface area (Å²) in [6.07, 6.45) is 1.14. The third-order valence-corrected chi connectivity index (χ3v) is 4.76. The molecule has 0 aromatic heterocycles. The van der Waals surface area contributed by atoms with E-state index in [1.54, 1.807) is 12.1 Å². The van der Waals surface area contributed by atoms with Crippen LogP contribution in [0.15, 0.2) is 18.2 Å². The molecule has 0 amide bonds. The molecular formula is C13H16ClNO2S. The van der Waals surface area contributed by atoms with Gasteiger partial charge in [0.2, 0.25) is 0 Å². The molecule has 0 bridgehead atoms. The maximum absolute atomic E-state index is 11.5. The zero-order valence-electron chi connectivity index (χ0n) is 10.4. The number of nitrogens with one attached hydrogen (secondary N) is 1. The van der Waals surface area contributed by atoms with E-state index in [-0.39, 0.29) is 0 Å². The molecule has 1 aliphatic heterocycles. The first-order chi connectivity index (χ1) is 8.61. The Morgan fingerprint density at radius 3 is 2.94 bits per heavy atom. The Morgan fingerprint density at radius 1 is 1.56 bits per heavy atom. The summed E-state index contributed by atoms with van der Waals surface area (Å²) < 4.78 is 4.71. The highest BCUT2D eigenvalue weighted by molar-refractivity contribution is 8.00. The van der Waals surface area contributed by atoms with Crippen molar-refractivity contribution in [1.29, 1.82) is 0 Å². The number of anilines is 1. The second kappa shape index (κ2) is 5.85. The molecule has 2 rings (SSSR count). The Kier molecular flexibility index (Phi) is 4.40. The highest BCUT2D eigenvalue weighted by Crippen LogP contribution is 2.30. The first-order valence-electron chi connectivity index (χ1n) is 5.88. The Bertz CT molecular complexity index is 453. The van der Waals surface area contributed by atoms with Crippen LogP contribution >= 0.6 is 23.4 Å². The van der Waals surface area contributed by atoms with Crippen molar-refractivity contribution in [1.82, 2.24) is 0 Å². The van der Waals surface area contributed by atoms with Gasteiger partial charge in [-0.25, -0.2) is 4.79 Å². The fourth-order valence-corrected chi connectivity index (χ4v) is 3.41. The van der Waals surface area contributed by atoms with Crippen LogP contribution in [0.2, 0.25) is 5.02 Å². The Labute approximate surface area is 116 Å². The highest BCUT2D eigenvalue weighted by Gasteiger charge is 2.24. The van der Waals surface area contributed by atoms with Crippen LogP contribution in [0.1, 0.15) is 23.7 Å². The first kappa shape index (κ1) is 13.6. The average molecular weight is 286 g/mol. The minimum Gasteiger partial charge on any atom is -0.465 e. The van der Waals surface area contributed by atoms with Gasteiger partial charge in [0.15, 0.2) is 0 Å². The van der Waals surface area contributed by atoms with Gasteiger partial charge in [0, 0.05) is 17.0 Å². The van der Waals surface area contributed by atoms with E-state index in [0.29, 0.717) is 21.9 Å². The van der Waals surface area contributed by atoms with Gasteiger partial charge in [-0.1, -0.05) is 18.5 Å². The molecule has 18 heavy (non-hydrogen) atoms. The number of rotatable bonds is 3. The standard InChI is InChI=1S/C13H16ClNO2S/c1-8-12(5-6-18-8)15-9-3-4-11(14)10(7-9)13(16)17-2/h3-4,7-8,12,15H,5-6H2,1-2H3. The van der Waals surface area contributed by atoms with E-state index in [1.807, 2.05) is 17.8 Å². The van der Waals surface area contributed by atoms with Crippen molar-refractivity contribution in [2.45, 2.75) is 24.6 Å². The number of hydrogen-bond donors (Lipinski definition) is 1. The van der Waals surface area contributed by atoms with Crippen molar-refractivity contribution in [3.05, 3.63) is 28.8 Å². The number of carbonyl (C=O) groups is 1. The van der Waals surface area contributed by atoms with Gasteiger partial charge in [-0.2, -0.15) is 11.8 Å². The number of methoxy groups -OCH3 is 1. The molecule has 98 valence electrons. The topological polar surface area (TPSA) is 38.3 Å². The van der Waals surface area contributed by atoms with Crippen LogP contribution in [0.4, 0.5) is 5.69 Å². The van der Waals surface area contributed by atoms with Crippen LogP contribution < -0.4 is 5.32 Å². The third kappa shape index (κ3) is 2.93. The predicted molar refractivity (Wildman–Crippen MR) is 76.7 cm³/mol. The van der Waals surface area contributed by atoms with Crippen LogP contribution in [-0.4, -0.2) is 30.1 Å². The lowest BCUT2D eigenvalue weighted by Gasteiger charge is -2.18. The van der Waals surface area contributed by atoms with Crippen LogP contribution in [0, 0.1) is 0 Å². The maximum Gasteiger partial charge on any atom is 0.339 e. The van der Waals surface area contributed by atoms with Crippen LogP contribution in [0.5, 0.6) is 0 Å². The molecule has 2 unspecified atom stereocenters. The number of ether oxygens (including phenoxy) is 1. The molecule has 0 aliphatic carbocycles. The molecule has 1 aliphatic rings. The van der Waals surface area contributed by atoms with Crippen LogP contribution in [-0.2, 0) is 4.74 Å². The molecule has 1 N–H and O–H groups in total. The van der Waals surface area contributed by atoms with Crippen molar-refractivity contribution in [2.75, 3.05) is 18.2 Å². The van der Waals surface area contributed by atoms with E-state index >= 15 is 0 Å². The van der Waals surface area contributed by atoms with Crippen molar-refractivity contribution < 1.29 is 9.53 Å². The van der Waals surface area contributed by atoms with Crippen LogP contribution in [0.3, 0.4) is 0 Å². The number of carbonyl (C=O) groups excluding carboxylic acids is 1.